The molecule has 0 bridgehead atoms. The quantitative estimate of drug-likeness (QED) is 0.878. The molecule has 1 aromatic heterocycles. The van der Waals surface area contributed by atoms with Crippen LogP contribution >= 0.6 is 11.6 Å². The van der Waals surface area contributed by atoms with Crippen molar-refractivity contribution in [2.24, 2.45) is 0 Å². The summed E-state index contributed by atoms with van der Waals surface area (Å²) in [5.41, 5.74) is 0.143. The van der Waals surface area contributed by atoms with Crippen LogP contribution < -0.4 is 0 Å². The Bertz CT molecular complexity index is 993. The topological polar surface area (TPSA) is 83.1 Å². The fraction of sp³-hybridized carbons (Fsp3) is 0.267. The molecule has 0 saturated carbocycles. The third-order valence-electron chi connectivity index (χ3n) is 3.94. The molecule has 1 unspecified atom stereocenters. The summed E-state index contributed by atoms with van der Waals surface area (Å²) >= 11 is 5.86. The van der Waals surface area contributed by atoms with Crippen LogP contribution in [0.25, 0.3) is 5.69 Å². The van der Waals surface area contributed by atoms with Crippen LogP contribution in [0.1, 0.15) is 22.9 Å². The molecule has 2 aromatic rings. The second-order valence-corrected chi connectivity index (χ2v) is 8.00. The Balaban J connectivity index is 2.30. The van der Waals surface area contributed by atoms with E-state index in [-0.39, 0.29) is 26.7 Å². The van der Waals surface area contributed by atoms with Crippen LogP contribution in [0.2, 0.25) is 5.02 Å². The molecule has 1 heterocycles. The number of rotatable bonds is 2. The Morgan fingerprint density at radius 1 is 1.46 bits per heavy atom. The minimum atomic E-state index is -3.83. The van der Waals surface area contributed by atoms with E-state index in [9.17, 15) is 22.3 Å². The lowest BCUT2D eigenvalue weighted by Gasteiger charge is -2.15. The summed E-state index contributed by atoms with van der Waals surface area (Å²) < 4.78 is 52.9. The molecule has 9 heteroatoms. The number of hydrogen-bond donors (Lipinski definition) is 1. The van der Waals surface area contributed by atoms with E-state index >= 15 is 0 Å². The SMILES string of the molecule is CS(=O)(=O)c1cn(-c2ccc(Cl)c(C#N)c2)c2c1C(O)C(F)(F)C2. The van der Waals surface area contributed by atoms with Gasteiger partial charge in [0.25, 0.3) is 5.92 Å². The lowest BCUT2D eigenvalue weighted by atomic mass is 10.2. The molecule has 24 heavy (non-hydrogen) atoms. The van der Waals surface area contributed by atoms with Gasteiger partial charge < -0.3 is 9.67 Å². The van der Waals surface area contributed by atoms with E-state index in [1.165, 1.54) is 29.0 Å². The number of benzene rings is 1. The Labute approximate surface area is 141 Å². The monoisotopic (exact) mass is 372 g/mol. The number of hydrogen-bond acceptors (Lipinski definition) is 4. The number of nitrogens with zero attached hydrogens (tertiary/aromatic N) is 2. The van der Waals surface area contributed by atoms with Gasteiger partial charge in [0.1, 0.15) is 12.2 Å². The van der Waals surface area contributed by atoms with E-state index in [2.05, 4.69) is 0 Å². The minimum Gasteiger partial charge on any atom is -0.382 e. The summed E-state index contributed by atoms with van der Waals surface area (Å²) in [7, 11) is -3.83. The number of fused-ring (bicyclic) bond motifs is 1. The lowest BCUT2D eigenvalue weighted by molar-refractivity contribution is -0.0981. The van der Waals surface area contributed by atoms with E-state index < -0.39 is 28.3 Å². The van der Waals surface area contributed by atoms with Crippen LogP contribution in [0.3, 0.4) is 0 Å². The van der Waals surface area contributed by atoms with Gasteiger partial charge in [0, 0.05) is 29.4 Å². The standard InChI is InChI=1S/C15H11ClF2N2O3S/c1-24(22,23)12-7-20(9-2-3-10(16)8(4-9)6-19)11-5-15(17,18)14(21)13(11)12/h2-4,7,14,21H,5H2,1H3. The number of nitriles is 1. The second kappa shape index (κ2) is 5.28. The van der Waals surface area contributed by atoms with Crippen molar-refractivity contribution >= 4 is 21.4 Å². The van der Waals surface area contributed by atoms with Gasteiger partial charge in [-0.1, -0.05) is 11.6 Å². The molecule has 0 spiro atoms. The van der Waals surface area contributed by atoms with Crippen LogP contribution in [0.4, 0.5) is 8.78 Å². The Morgan fingerprint density at radius 3 is 2.71 bits per heavy atom. The van der Waals surface area contributed by atoms with E-state index in [0.717, 1.165) is 6.26 Å². The van der Waals surface area contributed by atoms with Crippen molar-refractivity contribution in [3.05, 3.63) is 46.2 Å². The maximum atomic E-state index is 13.9. The van der Waals surface area contributed by atoms with Gasteiger partial charge in [-0.15, -0.1) is 0 Å². The first-order valence-corrected chi connectivity index (χ1v) is 9.03. The normalized spacial score (nSPS) is 19.1. The average Bonchev–Trinajstić information content (AvgIpc) is 2.95. The number of aliphatic hydroxyl groups is 1. The molecular weight excluding hydrogens is 362 g/mol. The zero-order valence-electron chi connectivity index (χ0n) is 12.3. The molecule has 5 nitrogen and oxygen atoms in total. The maximum absolute atomic E-state index is 13.9. The van der Waals surface area contributed by atoms with Gasteiger partial charge in [-0.2, -0.15) is 5.26 Å². The molecule has 3 rings (SSSR count). The third-order valence-corrected chi connectivity index (χ3v) is 5.39. The highest BCUT2D eigenvalue weighted by Crippen LogP contribution is 2.47. The van der Waals surface area contributed by atoms with Crippen molar-refractivity contribution in [1.82, 2.24) is 4.57 Å². The van der Waals surface area contributed by atoms with Crippen molar-refractivity contribution in [2.45, 2.75) is 23.3 Å². The number of aromatic nitrogens is 1. The third kappa shape index (κ3) is 2.49. The van der Waals surface area contributed by atoms with Crippen molar-refractivity contribution < 1.29 is 22.3 Å². The summed E-state index contributed by atoms with van der Waals surface area (Å²) in [6.07, 6.45) is -0.924. The molecule has 1 atom stereocenters. The van der Waals surface area contributed by atoms with Crippen molar-refractivity contribution in [1.29, 1.82) is 5.26 Å². The van der Waals surface area contributed by atoms with Crippen LogP contribution in [-0.4, -0.2) is 30.3 Å². The Kier molecular flexibility index (Phi) is 3.71. The van der Waals surface area contributed by atoms with E-state index in [4.69, 9.17) is 16.9 Å². The molecule has 0 fully saturated rings. The first-order valence-electron chi connectivity index (χ1n) is 6.76. The van der Waals surface area contributed by atoms with Gasteiger partial charge in [0.05, 0.1) is 21.9 Å². The number of aliphatic hydroxyl groups excluding tert-OH is 1. The van der Waals surface area contributed by atoms with Gasteiger partial charge in [-0.3, -0.25) is 0 Å². The predicted octanol–water partition coefficient (Wildman–Crippen LogP) is 2.63. The highest BCUT2D eigenvalue weighted by Gasteiger charge is 2.51. The van der Waals surface area contributed by atoms with Crippen LogP contribution in [0, 0.1) is 11.3 Å². The van der Waals surface area contributed by atoms with Gasteiger partial charge in [-0.25, -0.2) is 17.2 Å². The summed E-state index contributed by atoms with van der Waals surface area (Å²) in [5.74, 6) is -3.46. The Hall–Kier alpha value is -1.95. The molecule has 1 aromatic carbocycles. The maximum Gasteiger partial charge on any atom is 0.283 e. The molecule has 0 saturated heterocycles. The van der Waals surface area contributed by atoms with Crippen LogP contribution in [-0.2, 0) is 16.3 Å². The minimum absolute atomic E-state index is 0.000799. The van der Waals surface area contributed by atoms with Crippen LogP contribution in [0.5, 0.6) is 0 Å². The Morgan fingerprint density at radius 2 is 2.12 bits per heavy atom. The van der Waals surface area contributed by atoms with E-state index in [0.29, 0.717) is 5.69 Å². The molecule has 0 amide bonds. The van der Waals surface area contributed by atoms with Crippen molar-refractivity contribution in [3.63, 3.8) is 0 Å². The molecule has 0 radical (unpaired) electrons. The molecule has 126 valence electrons. The summed E-state index contributed by atoms with van der Waals surface area (Å²) in [6.45, 7) is 0. The van der Waals surface area contributed by atoms with Crippen molar-refractivity contribution in [2.75, 3.05) is 6.26 Å². The summed E-state index contributed by atoms with van der Waals surface area (Å²) in [6, 6.07) is 6.15. The average molecular weight is 373 g/mol. The van der Waals surface area contributed by atoms with Gasteiger partial charge in [-0.05, 0) is 18.2 Å². The summed E-state index contributed by atoms with van der Waals surface area (Å²) in [4.78, 5) is -0.351. The highest BCUT2D eigenvalue weighted by atomic mass is 35.5. The molecule has 1 aliphatic carbocycles. The van der Waals surface area contributed by atoms with Gasteiger partial charge in [0.15, 0.2) is 9.84 Å². The predicted molar refractivity (Wildman–Crippen MR) is 82.2 cm³/mol. The second-order valence-electron chi connectivity index (χ2n) is 5.61. The zero-order valence-corrected chi connectivity index (χ0v) is 13.9. The molecular formula is C15H11ClF2N2O3S. The highest BCUT2D eigenvalue weighted by molar-refractivity contribution is 7.90. The fourth-order valence-electron chi connectivity index (χ4n) is 2.82. The fourth-order valence-corrected chi connectivity index (χ4v) is 3.90. The molecule has 1 N–H and O–H groups in total. The number of sulfone groups is 1. The first kappa shape index (κ1) is 16.9. The van der Waals surface area contributed by atoms with E-state index in [1.807, 2.05) is 6.07 Å². The number of halogens is 3. The van der Waals surface area contributed by atoms with Gasteiger partial charge >= 0.3 is 0 Å². The van der Waals surface area contributed by atoms with Crippen LogP contribution in [0.15, 0.2) is 29.3 Å². The smallest absolute Gasteiger partial charge is 0.283 e. The zero-order chi connectivity index (χ0) is 17.9. The number of alkyl halides is 2. The molecule has 0 aliphatic heterocycles. The molecule has 1 aliphatic rings. The largest absolute Gasteiger partial charge is 0.382 e. The van der Waals surface area contributed by atoms with Gasteiger partial charge in [0.2, 0.25) is 0 Å². The van der Waals surface area contributed by atoms with E-state index in [1.54, 1.807) is 0 Å². The first-order chi connectivity index (χ1) is 11.1. The van der Waals surface area contributed by atoms with Crippen molar-refractivity contribution in [3.8, 4) is 11.8 Å². The lowest BCUT2D eigenvalue weighted by Crippen LogP contribution is -2.23. The summed E-state index contributed by atoms with van der Waals surface area (Å²) in [5, 5.41) is 19.1.